The monoisotopic (exact) mass is 274 g/mol. The summed E-state index contributed by atoms with van der Waals surface area (Å²) in [6.07, 6.45) is -3.51. The number of alkyl halides is 1. The largest absolute Gasteiger partial charge is 0.388 e. The van der Waals surface area contributed by atoms with Gasteiger partial charge in [0.1, 0.15) is 22.4 Å². The van der Waals surface area contributed by atoms with Crippen molar-refractivity contribution in [2.45, 2.75) is 35.5 Å². The summed E-state index contributed by atoms with van der Waals surface area (Å²) < 4.78 is 4.66. The molecular formula is C6H11IO4. The van der Waals surface area contributed by atoms with Gasteiger partial charge in [0, 0.05) is 0 Å². The van der Waals surface area contributed by atoms with Gasteiger partial charge < -0.3 is 20.1 Å². The van der Waals surface area contributed by atoms with E-state index >= 15 is 0 Å². The lowest BCUT2D eigenvalue weighted by Crippen LogP contribution is -2.54. The molecule has 0 amide bonds. The van der Waals surface area contributed by atoms with E-state index in [9.17, 15) is 15.3 Å². The molecule has 1 rings (SSSR count). The predicted octanol–water partition coefficient (Wildman–Crippen LogP) is -0.751. The molecule has 0 spiro atoms. The maximum absolute atomic E-state index is 9.20. The second-order valence-corrected chi connectivity index (χ2v) is 3.89. The van der Waals surface area contributed by atoms with E-state index in [0.717, 1.165) is 0 Å². The van der Waals surface area contributed by atoms with Gasteiger partial charge in [-0.3, -0.25) is 0 Å². The van der Waals surface area contributed by atoms with E-state index in [1.807, 2.05) is 22.6 Å². The van der Waals surface area contributed by atoms with Crippen LogP contribution in [0.2, 0.25) is 0 Å². The Kier molecular flexibility index (Phi) is 3.10. The number of hydrogen-bond donors (Lipinski definition) is 3. The Balaban J connectivity index is 2.63. The Morgan fingerprint density at radius 2 is 1.64 bits per heavy atom. The molecular weight excluding hydrogens is 263 g/mol. The number of aliphatic hydroxyl groups excluding tert-OH is 3. The maximum Gasteiger partial charge on any atom is 0.137 e. The fraction of sp³-hybridized carbons (Fsp3) is 1.00. The third-order valence-electron chi connectivity index (χ3n) is 1.79. The van der Waals surface area contributed by atoms with Gasteiger partial charge >= 0.3 is 0 Å². The quantitative estimate of drug-likeness (QED) is 0.401. The van der Waals surface area contributed by atoms with E-state index in [1.54, 1.807) is 6.92 Å². The van der Waals surface area contributed by atoms with Crippen molar-refractivity contribution < 1.29 is 20.1 Å². The average molecular weight is 274 g/mol. The van der Waals surface area contributed by atoms with Crippen LogP contribution in [0, 0.1) is 0 Å². The number of ether oxygens (including phenoxy) is 1. The lowest BCUT2D eigenvalue weighted by atomic mass is 10.0. The van der Waals surface area contributed by atoms with Gasteiger partial charge in [-0.15, -0.1) is 0 Å². The molecule has 0 aliphatic carbocycles. The van der Waals surface area contributed by atoms with Crippen molar-refractivity contribution >= 4 is 22.6 Å². The minimum atomic E-state index is -1.10. The predicted molar refractivity (Wildman–Crippen MR) is 46.4 cm³/mol. The molecule has 66 valence electrons. The summed E-state index contributed by atoms with van der Waals surface area (Å²) >= 11 is 1.88. The van der Waals surface area contributed by atoms with Crippen molar-refractivity contribution in [3.63, 3.8) is 0 Å². The highest BCUT2D eigenvalue weighted by atomic mass is 127. The van der Waals surface area contributed by atoms with Gasteiger partial charge in [-0.2, -0.15) is 0 Å². The molecule has 0 bridgehead atoms. The summed E-state index contributed by atoms with van der Waals surface area (Å²) in [4.78, 5) is 0. The summed E-state index contributed by atoms with van der Waals surface area (Å²) in [6.45, 7) is 1.66. The second-order valence-electron chi connectivity index (χ2n) is 2.66. The van der Waals surface area contributed by atoms with Gasteiger partial charge in [-0.05, 0) is 29.5 Å². The molecule has 3 N–H and O–H groups in total. The van der Waals surface area contributed by atoms with Crippen LogP contribution in [0.3, 0.4) is 0 Å². The Hall–Kier alpha value is 0.570. The van der Waals surface area contributed by atoms with Crippen LogP contribution in [-0.4, -0.2) is 43.8 Å². The van der Waals surface area contributed by atoms with E-state index in [2.05, 4.69) is 0 Å². The molecule has 0 aromatic rings. The highest BCUT2D eigenvalue weighted by molar-refractivity contribution is 14.1. The van der Waals surface area contributed by atoms with E-state index < -0.39 is 28.5 Å². The molecule has 0 saturated carbocycles. The fourth-order valence-electron chi connectivity index (χ4n) is 1.00. The molecule has 1 aliphatic rings. The molecule has 1 saturated heterocycles. The summed E-state index contributed by atoms with van der Waals surface area (Å²) in [6, 6.07) is 0. The molecule has 1 fully saturated rings. The van der Waals surface area contributed by atoms with Crippen molar-refractivity contribution in [2.24, 2.45) is 0 Å². The van der Waals surface area contributed by atoms with Crippen LogP contribution in [0.4, 0.5) is 0 Å². The fourth-order valence-corrected chi connectivity index (χ4v) is 1.89. The summed E-state index contributed by atoms with van der Waals surface area (Å²) in [7, 11) is 0. The summed E-state index contributed by atoms with van der Waals surface area (Å²) in [5.74, 6) is 0. The Morgan fingerprint density at radius 1 is 1.09 bits per heavy atom. The molecule has 0 aromatic carbocycles. The van der Waals surface area contributed by atoms with Gasteiger partial charge in [-0.1, -0.05) is 0 Å². The van der Waals surface area contributed by atoms with Crippen molar-refractivity contribution in [1.82, 2.24) is 0 Å². The first-order valence-corrected chi connectivity index (χ1v) is 4.62. The summed E-state index contributed by atoms with van der Waals surface area (Å²) in [5.41, 5.74) is 0. The standard InChI is InChI=1S/C6H11IO4/c1-2-3(8)4(9)5(10)6(7)11-2/h2-6,8-10H,1H3/t2-,3-,4+,5+,6?/m0/s1. The topological polar surface area (TPSA) is 69.9 Å². The Morgan fingerprint density at radius 3 is 2.18 bits per heavy atom. The van der Waals surface area contributed by atoms with E-state index in [-0.39, 0.29) is 0 Å². The maximum atomic E-state index is 9.20. The van der Waals surface area contributed by atoms with Crippen molar-refractivity contribution in [3.8, 4) is 0 Å². The van der Waals surface area contributed by atoms with Gasteiger partial charge in [-0.25, -0.2) is 0 Å². The molecule has 0 aromatic heterocycles. The molecule has 11 heavy (non-hydrogen) atoms. The van der Waals surface area contributed by atoms with Gasteiger partial charge in [0.2, 0.25) is 0 Å². The Bertz CT molecular complexity index is 129. The van der Waals surface area contributed by atoms with E-state index in [0.29, 0.717) is 0 Å². The smallest absolute Gasteiger partial charge is 0.137 e. The molecule has 5 atom stereocenters. The zero-order valence-electron chi connectivity index (χ0n) is 6.01. The van der Waals surface area contributed by atoms with Crippen LogP contribution in [0.1, 0.15) is 6.92 Å². The lowest BCUT2D eigenvalue weighted by Gasteiger charge is -2.36. The van der Waals surface area contributed by atoms with Crippen LogP contribution in [0.5, 0.6) is 0 Å². The SMILES string of the molecule is C[C@@H]1OC(I)[C@H](O)[C@H](O)[C@H]1O. The van der Waals surface area contributed by atoms with Crippen LogP contribution >= 0.6 is 22.6 Å². The second kappa shape index (κ2) is 3.53. The van der Waals surface area contributed by atoms with Crippen LogP contribution in [-0.2, 0) is 4.74 Å². The van der Waals surface area contributed by atoms with Gasteiger partial charge in [0.15, 0.2) is 0 Å². The highest BCUT2D eigenvalue weighted by Crippen LogP contribution is 2.24. The highest BCUT2D eigenvalue weighted by Gasteiger charge is 2.40. The molecule has 1 aliphatic heterocycles. The lowest BCUT2D eigenvalue weighted by molar-refractivity contribution is -0.187. The van der Waals surface area contributed by atoms with Crippen LogP contribution in [0.15, 0.2) is 0 Å². The molecule has 4 nitrogen and oxygen atoms in total. The third-order valence-corrected chi connectivity index (χ3v) is 2.82. The van der Waals surface area contributed by atoms with Gasteiger partial charge in [0.25, 0.3) is 0 Å². The van der Waals surface area contributed by atoms with Crippen LogP contribution in [0.25, 0.3) is 0 Å². The van der Waals surface area contributed by atoms with Gasteiger partial charge in [0.05, 0.1) is 6.10 Å². The first-order chi connectivity index (χ1) is 5.04. The van der Waals surface area contributed by atoms with Crippen molar-refractivity contribution in [2.75, 3.05) is 0 Å². The Labute approximate surface area is 78.3 Å². The first-order valence-electron chi connectivity index (χ1n) is 3.37. The number of halogens is 1. The molecule has 5 heteroatoms. The molecule has 1 heterocycles. The molecule has 0 radical (unpaired) electrons. The zero-order chi connectivity index (χ0) is 8.59. The number of rotatable bonds is 0. The summed E-state index contributed by atoms with van der Waals surface area (Å²) in [5, 5.41) is 27.6. The molecule has 1 unspecified atom stereocenters. The van der Waals surface area contributed by atoms with Crippen LogP contribution < -0.4 is 0 Å². The van der Waals surface area contributed by atoms with E-state index in [1.165, 1.54) is 0 Å². The minimum absolute atomic E-state index is 0.421. The third kappa shape index (κ3) is 1.83. The zero-order valence-corrected chi connectivity index (χ0v) is 8.17. The van der Waals surface area contributed by atoms with E-state index in [4.69, 9.17) is 4.74 Å². The van der Waals surface area contributed by atoms with Crippen molar-refractivity contribution in [1.29, 1.82) is 0 Å². The van der Waals surface area contributed by atoms with Crippen molar-refractivity contribution in [3.05, 3.63) is 0 Å². The minimum Gasteiger partial charge on any atom is -0.388 e. The average Bonchev–Trinajstić information content (AvgIpc) is 1.97. The number of aliphatic hydroxyl groups is 3. The first kappa shape index (κ1) is 9.66. The number of hydrogen-bond acceptors (Lipinski definition) is 4. The normalized spacial score (nSPS) is 52.6.